The number of esters is 2. The minimum Gasteiger partial charge on any atom is -0.479 e. The minimum absolute atomic E-state index is 0.213. The molecular formula is C28H51NO5S4. The van der Waals surface area contributed by atoms with Crippen LogP contribution in [0, 0.1) is 0 Å². The molecule has 0 aliphatic heterocycles. The molecule has 0 unspecified atom stereocenters. The van der Waals surface area contributed by atoms with E-state index < -0.39 is 0 Å². The van der Waals surface area contributed by atoms with E-state index in [-0.39, 0.29) is 24.8 Å². The van der Waals surface area contributed by atoms with E-state index in [0.29, 0.717) is 28.4 Å². The van der Waals surface area contributed by atoms with Crippen molar-refractivity contribution in [2.75, 3.05) is 45.4 Å². The Morgan fingerprint density at radius 3 is 1.53 bits per heavy atom. The lowest BCUT2D eigenvalue weighted by atomic mass is 10.0. The number of nitrogens with zero attached hydrogens (tertiary/aromatic N) is 1. The molecule has 0 spiro atoms. The Hall–Kier alpha value is -0.580. The van der Waals surface area contributed by atoms with Crippen LogP contribution in [0.5, 0.6) is 0 Å². The third-order valence-corrected chi connectivity index (χ3v) is 9.15. The Morgan fingerprint density at radius 1 is 0.658 bits per heavy atom. The molecule has 0 fully saturated rings. The van der Waals surface area contributed by atoms with Crippen molar-refractivity contribution in [1.82, 2.24) is 4.90 Å². The summed E-state index contributed by atoms with van der Waals surface area (Å²) in [5.41, 5.74) is 0. The van der Waals surface area contributed by atoms with Crippen LogP contribution >= 0.6 is 48.0 Å². The van der Waals surface area contributed by atoms with Crippen LogP contribution in [-0.4, -0.2) is 71.0 Å². The van der Waals surface area contributed by atoms with E-state index in [4.69, 9.17) is 38.6 Å². The van der Waals surface area contributed by atoms with Crippen LogP contribution in [-0.2, 0) is 23.8 Å². The van der Waals surface area contributed by atoms with Crippen molar-refractivity contribution in [2.45, 2.75) is 110 Å². The Balaban J connectivity index is 3.74. The Kier molecular flexibility index (Phi) is 27.5. The number of methoxy groups -OCH3 is 2. The molecule has 10 heteroatoms. The maximum absolute atomic E-state index is 11.5. The molecule has 0 aliphatic carbocycles. The van der Waals surface area contributed by atoms with Crippen molar-refractivity contribution in [3.05, 3.63) is 0 Å². The van der Waals surface area contributed by atoms with Gasteiger partial charge in [0.1, 0.15) is 4.32 Å². The second kappa shape index (κ2) is 28.0. The summed E-state index contributed by atoms with van der Waals surface area (Å²) in [4.78, 5) is 24.8. The molecule has 0 aromatic heterocycles. The second-order valence-corrected chi connectivity index (χ2v) is 12.7. The van der Waals surface area contributed by atoms with Gasteiger partial charge in [0, 0.05) is 24.6 Å². The molecule has 0 aromatic rings. The summed E-state index contributed by atoms with van der Waals surface area (Å²) < 4.78 is 16.3. The molecule has 0 bridgehead atoms. The number of carbonyl (C=O) groups is 2. The zero-order chi connectivity index (χ0) is 28.3. The van der Waals surface area contributed by atoms with Crippen molar-refractivity contribution in [2.24, 2.45) is 0 Å². The van der Waals surface area contributed by atoms with Crippen molar-refractivity contribution in [3.63, 3.8) is 0 Å². The molecule has 0 amide bonds. The predicted octanol–water partition coefficient (Wildman–Crippen LogP) is 7.95. The first-order chi connectivity index (χ1) is 18.4. The molecule has 0 atom stereocenters. The lowest BCUT2D eigenvalue weighted by molar-refractivity contribution is -0.140. The maximum Gasteiger partial charge on any atom is 0.307 e. The molecule has 0 aliphatic rings. The fourth-order valence-corrected chi connectivity index (χ4v) is 6.10. The number of carbonyl (C=O) groups excluding carboxylic acids is 2. The third kappa shape index (κ3) is 24.5. The van der Waals surface area contributed by atoms with Gasteiger partial charge in [-0.3, -0.25) is 9.59 Å². The lowest BCUT2D eigenvalue weighted by Gasteiger charge is -2.23. The largest absolute Gasteiger partial charge is 0.479 e. The average Bonchev–Trinajstić information content (AvgIpc) is 2.92. The Labute approximate surface area is 251 Å². The van der Waals surface area contributed by atoms with Crippen LogP contribution in [0.15, 0.2) is 0 Å². The standard InChI is InChI=1S/C28H51NO5S4/c1-4-5-6-7-8-9-10-11-12-13-14-15-16-17-22-34-28(36)38-24-23-37-27(35)29(20-18-25(30)32-2)21-19-26(31)33-3/h4-24H2,1-3H3. The normalized spacial score (nSPS) is 10.7. The maximum atomic E-state index is 11.5. The molecule has 0 heterocycles. The summed E-state index contributed by atoms with van der Waals surface area (Å²) in [6.45, 7) is 3.77. The first-order valence-electron chi connectivity index (χ1n) is 14.3. The monoisotopic (exact) mass is 609 g/mol. The number of thioether (sulfide) groups is 2. The second-order valence-electron chi connectivity index (χ2n) is 9.30. The molecule has 0 aromatic carbocycles. The third-order valence-electron chi connectivity index (χ3n) is 6.13. The number of rotatable bonds is 24. The average molecular weight is 610 g/mol. The SMILES string of the molecule is CCCCCCCCCCCCCCCCOC(=S)SCCSC(=S)N(CCC(=O)OC)CCC(=O)OC. The summed E-state index contributed by atoms with van der Waals surface area (Å²) in [5, 5.41) is 0. The van der Waals surface area contributed by atoms with Crippen molar-refractivity contribution in [3.8, 4) is 0 Å². The number of hydrogen-bond acceptors (Lipinski definition) is 9. The van der Waals surface area contributed by atoms with E-state index >= 15 is 0 Å². The summed E-state index contributed by atoms with van der Waals surface area (Å²) in [6.07, 6.45) is 19.2. The minimum atomic E-state index is -0.308. The first kappa shape index (κ1) is 37.4. The highest BCUT2D eigenvalue weighted by Gasteiger charge is 2.15. The van der Waals surface area contributed by atoms with Crippen LogP contribution in [0.3, 0.4) is 0 Å². The highest BCUT2D eigenvalue weighted by Crippen LogP contribution is 2.16. The predicted molar refractivity (Wildman–Crippen MR) is 171 cm³/mol. The van der Waals surface area contributed by atoms with E-state index in [2.05, 4.69) is 6.92 Å². The number of ether oxygens (including phenoxy) is 3. The molecule has 0 radical (unpaired) electrons. The van der Waals surface area contributed by atoms with E-state index in [0.717, 1.165) is 17.9 Å². The molecule has 6 nitrogen and oxygen atoms in total. The number of unbranched alkanes of at least 4 members (excludes halogenated alkanes) is 13. The zero-order valence-electron chi connectivity index (χ0n) is 24.0. The van der Waals surface area contributed by atoms with Gasteiger partial charge in [-0.25, -0.2) is 0 Å². The Bertz CT molecular complexity index is 616. The molecule has 0 N–H and O–H groups in total. The van der Waals surface area contributed by atoms with Gasteiger partial charge in [-0.05, 0) is 18.6 Å². The number of hydrogen-bond donors (Lipinski definition) is 0. The van der Waals surface area contributed by atoms with Gasteiger partial charge in [0.25, 0.3) is 0 Å². The molecule has 0 saturated carbocycles. The summed E-state index contributed by atoms with van der Waals surface area (Å²) in [6, 6.07) is 0. The van der Waals surface area contributed by atoms with Gasteiger partial charge in [-0.1, -0.05) is 126 Å². The van der Waals surface area contributed by atoms with Crippen LogP contribution in [0.4, 0.5) is 0 Å². The topological polar surface area (TPSA) is 65.1 Å². The van der Waals surface area contributed by atoms with Gasteiger partial charge in [-0.2, -0.15) is 0 Å². The van der Waals surface area contributed by atoms with E-state index in [1.165, 1.54) is 121 Å². The van der Waals surface area contributed by atoms with Crippen LogP contribution < -0.4 is 0 Å². The first-order valence-corrected chi connectivity index (χ1v) is 17.1. The van der Waals surface area contributed by atoms with Gasteiger partial charge in [0.05, 0.1) is 33.7 Å². The van der Waals surface area contributed by atoms with Gasteiger partial charge in [0.2, 0.25) is 4.38 Å². The molecule has 0 rings (SSSR count). The van der Waals surface area contributed by atoms with E-state index in [1.54, 1.807) is 0 Å². The van der Waals surface area contributed by atoms with E-state index in [1.807, 2.05) is 4.90 Å². The Morgan fingerprint density at radius 2 is 1.08 bits per heavy atom. The highest BCUT2D eigenvalue weighted by molar-refractivity contribution is 8.25. The molecule has 38 heavy (non-hydrogen) atoms. The van der Waals surface area contributed by atoms with Crippen molar-refractivity contribution < 1.29 is 23.8 Å². The quantitative estimate of drug-likeness (QED) is 0.0612. The van der Waals surface area contributed by atoms with Crippen LogP contribution in [0.2, 0.25) is 0 Å². The van der Waals surface area contributed by atoms with Gasteiger partial charge >= 0.3 is 11.9 Å². The van der Waals surface area contributed by atoms with E-state index in [9.17, 15) is 9.59 Å². The smallest absolute Gasteiger partial charge is 0.307 e. The van der Waals surface area contributed by atoms with Gasteiger partial charge in [-0.15, -0.1) is 0 Å². The summed E-state index contributed by atoms with van der Waals surface area (Å²) in [7, 11) is 2.71. The van der Waals surface area contributed by atoms with Gasteiger partial charge in [0.15, 0.2) is 0 Å². The van der Waals surface area contributed by atoms with Crippen molar-refractivity contribution in [1.29, 1.82) is 0 Å². The zero-order valence-corrected chi connectivity index (χ0v) is 27.2. The summed E-state index contributed by atoms with van der Waals surface area (Å²) in [5.74, 6) is 0.929. The molecule has 0 saturated heterocycles. The molecule has 222 valence electrons. The van der Waals surface area contributed by atoms with Crippen LogP contribution in [0.25, 0.3) is 0 Å². The molecular weight excluding hydrogens is 559 g/mol. The van der Waals surface area contributed by atoms with Gasteiger partial charge < -0.3 is 19.1 Å². The fraction of sp³-hybridized carbons (Fsp3) is 0.857. The lowest BCUT2D eigenvalue weighted by Crippen LogP contribution is -2.32. The summed E-state index contributed by atoms with van der Waals surface area (Å²) >= 11 is 13.9. The highest BCUT2D eigenvalue weighted by atomic mass is 32.2. The fourth-order valence-electron chi connectivity index (χ4n) is 3.79. The van der Waals surface area contributed by atoms with Crippen molar-refractivity contribution >= 4 is 68.6 Å². The number of thiocarbonyl (C=S) groups is 2. The van der Waals surface area contributed by atoms with Crippen LogP contribution in [0.1, 0.15) is 110 Å².